The number of hydrogen-bond acceptors (Lipinski definition) is 3. The van der Waals surface area contributed by atoms with E-state index in [9.17, 15) is 4.79 Å². The van der Waals surface area contributed by atoms with Gasteiger partial charge >= 0.3 is 0 Å². The average molecular weight is 256 g/mol. The Morgan fingerprint density at radius 1 is 1.42 bits per heavy atom. The Labute approximate surface area is 110 Å². The number of carbonyl (C=O) groups excluding carboxylic acids is 1. The monoisotopic (exact) mass is 256 g/mol. The normalized spacial score (nSPS) is 18.6. The van der Waals surface area contributed by atoms with Crippen molar-refractivity contribution in [2.75, 3.05) is 5.73 Å². The van der Waals surface area contributed by atoms with Crippen molar-refractivity contribution in [1.82, 2.24) is 15.5 Å². The molecule has 98 valence electrons. The van der Waals surface area contributed by atoms with E-state index in [1.54, 1.807) is 12.1 Å². The molecule has 2 aromatic rings. The molecule has 19 heavy (non-hydrogen) atoms. The van der Waals surface area contributed by atoms with Crippen LogP contribution in [0.25, 0.3) is 10.9 Å². The minimum Gasteiger partial charge on any atom is -0.399 e. The quantitative estimate of drug-likeness (QED) is 0.567. The molecule has 5 nitrogen and oxygen atoms in total. The van der Waals surface area contributed by atoms with Gasteiger partial charge in [0, 0.05) is 17.1 Å². The van der Waals surface area contributed by atoms with Crippen LogP contribution in [-0.2, 0) is 0 Å². The molecular weight excluding hydrogens is 240 g/mol. The molecule has 5 heteroatoms. The zero-order valence-corrected chi connectivity index (χ0v) is 10.5. The lowest BCUT2D eigenvalue weighted by molar-refractivity contribution is 0.0931. The van der Waals surface area contributed by atoms with Crippen molar-refractivity contribution in [2.24, 2.45) is 0 Å². The summed E-state index contributed by atoms with van der Waals surface area (Å²) in [5.74, 6) is -0.142. The van der Waals surface area contributed by atoms with Crippen molar-refractivity contribution in [3.63, 3.8) is 0 Å². The topological polar surface area (TPSA) is 83.8 Å². The maximum absolute atomic E-state index is 12.2. The van der Waals surface area contributed by atoms with Gasteiger partial charge in [-0.05, 0) is 37.5 Å². The molecule has 0 radical (unpaired) electrons. The second-order valence-corrected chi connectivity index (χ2v) is 4.83. The van der Waals surface area contributed by atoms with Gasteiger partial charge in [-0.15, -0.1) is 0 Å². The highest BCUT2D eigenvalue weighted by atomic mass is 16.2. The molecule has 1 heterocycles. The number of amides is 1. The Bertz CT molecular complexity index is 644. The number of nitrogens with zero attached hydrogens (tertiary/aromatic N) is 1. The van der Waals surface area contributed by atoms with Crippen LogP contribution < -0.4 is 11.1 Å². The van der Waals surface area contributed by atoms with Crippen LogP contribution in [0.5, 0.6) is 0 Å². The van der Waals surface area contributed by atoms with Gasteiger partial charge in [-0.25, -0.2) is 0 Å². The van der Waals surface area contributed by atoms with Gasteiger partial charge in [0.2, 0.25) is 0 Å². The zero-order chi connectivity index (χ0) is 13.2. The number of allylic oxidation sites excluding steroid dienone is 1. The summed E-state index contributed by atoms with van der Waals surface area (Å²) in [5, 5.41) is 10.7. The number of benzene rings is 1. The third-order valence-electron chi connectivity index (χ3n) is 3.41. The lowest BCUT2D eigenvalue weighted by Crippen LogP contribution is -2.35. The van der Waals surface area contributed by atoms with Crippen molar-refractivity contribution in [1.29, 1.82) is 0 Å². The fraction of sp³-hybridized carbons (Fsp3) is 0.286. The fourth-order valence-electron chi connectivity index (χ4n) is 2.38. The van der Waals surface area contributed by atoms with Crippen LogP contribution >= 0.6 is 0 Å². The highest BCUT2D eigenvalue weighted by molar-refractivity contribution is 6.05. The summed E-state index contributed by atoms with van der Waals surface area (Å²) < 4.78 is 0. The van der Waals surface area contributed by atoms with Crippen molar-refractivity contribution in [3.05, 3.63) is 36.0 Å². The Kier molecular flexibility index (Phi) is 2.95. The van der Waals surface area contributed by atoms with E-state index in [0.717, 1.165) is 30.2 Å². The van der Waals surface area contributed by atoms with E-state index in [1.807, 2.05) is 6.07 Å². The van der Waals surface area contributed by atoms with Crippen molar-refractivity contribution in [2.45, 2.75) is 25.3 Å². The van der Waals surface area contributed by atoms with E-state index in [4.69, 9.17) is 5.73 Å². The van der Waals surface area contributed by atoms with E-state index < -0.39 is 0 Å². The molecule has 4 N–H and O–H groups in total. The number of carbonyl (C=O) groups is 1. The van der Waals surface area contributed by atoms with Gasteiger partial charge in [-0.3, -0.25) is 9.89 Å². The SMILES string of the molecule is Nc1ccc2[nH]nc(C(=O)NC3CC=CCC3)c2c1. The highest BCUT2D eigenvalue weighted by Gasteiger charge is 2.18. The summed E-state index contributed by atoms with van der Waals surface area (Å²) in [4.78, 5) is 12.2. The van der Waals surface area contributed by atoms with Gasteiger partial charge in [0.1, 0.15) is 0 Å². The van der Waals surface area contributed by atoms with Gasteiger partial charge < -0.3 is 11.1 Å². The molecule has 1 aromatic carbocycles. The molecule has 1 atom stereocenters. The predicted molar refractivity (Wildman–Crippen MR) is 74.8 cm³/mol. The number of fused-ring (bicyclic) bond motifs is 1. The number of aromatic nitrogens is 2. The molecule has 1 aliphatic carbocycles. The van der Waals surface area contributed by atoms with Gasteiger partial charge in [0.05, 0.1) is 5.52 Å². The molecule has 1 aliphatic rings. The largest absolute Gasteiger partial charge is 0.399 e. The summed E-state index contributed by atoms with van der Waals surface area (Å²) >= 11 is 0. The first-order valence-electron chi connectivity index (χ1n) is 6.43. The number of anilines is 1. The standard InChI is InChI=1S/C14H16N4O/c15-9-6-7-12-11(8-9)13(18-17-12)14(19)16-10-4-2-1-3-5-10/h1-2,6-8,10H,3-5,15H2,(H,16,19)(H,17,18). The number of aromatic amines is 1. The number of hydrogen-bond donors (Lipinski definition) is 3. The average Bonchev–Trinajstić information content (AvgIpc) is 2.82. The molecule has 0 aliphatic heterocycles. The first-order chi connectivity index (χ1) is 9.24. The predicted octanol–water partition coefficient (Wildman–Crippen LogP) is 1.98. The maximum Gasteiger partial charge on any atom is 0.272 e. The van der Waals surface area contributed by atoms with Gasteiger partial charge in [0.25, 0.3) is 5.91 Å². The Balaban J connectivity index is 1.85. The molecule has 3 rings (SSSR count). The van der Waals surface area contributed by atoms with Crippen LogP contribution in [0.1, 0.15) is 29.8 Å². The number of H-pyrrole nitrogens is 1. The summed E-state index contributed by atoms with van der Waals surface area (Å²) in [5.41, 5.74) is 7.62. The lowest BCUT2D eigenvalue weighted by Gasteiger charge is -2.18. The fourth-order valence-corrected chi connectivity index (χ4v) is 2.38. The molecular formula is C14H16N4O. The second-order valence-electron chi connectivity index (χ2n) is 4.83. The highest BCUT2D eigenvalue weighted by Crippen LogP contribution is 2.19. The second kappa shape index (κ2) is 4.76. The first-order valence-corrected chi connectivity index (χ1v) is 6.43. The van der Waals surface area contributed by atoms with Crippen LogP contribution in [-0.4, -0.2) is 22.1 Å². The smallest absolute Gasteiger partial charge is 0.272 e. The Hall–Kier alpha value is -2.30. The van der Waals surface area contributed by atoms with Gasteiger partial charge in [-0.2, -0.15) is 5.10 Å². The number of nitrogens with one attached hydrogen (secondary N) is 2. The number of nitrogens with two attached hydrogens (primary N) is 1. The van der Waals surface area contributed by atoms with Crippen LogP contribution in [0.4, 0.5) is 5.69 Å². The third kappa shape index (κ3) is 2.31. The van der Waals surface area contributed by atoms with E-state index in [2.05, 4.69) is 27.7 Å². The molecule has 0 saturated carbocycles. The van der Waals surface area contributed by atoms with Crippen molar-refractivity contribution in [3.8, 4) is 0 Å². The molecule has 1 aromatic heterocycles. The molecule has 0 spiro atoms. The summed E-state index contributed by atoms with van der Waals surface area (Å²) in [7, 11) is 0. The summed E-state index contributed by atoms with van der Waals surface area (Å²) in [6, 6.07) is 5.59. The Morgan fingerprint density at radius 2 is 2.32 bits per heavy atom. The summed E-state index contributed by atoms with van der Waals surface area (Å²) in [6.45, 7) is 0. The first kappa shape index (κ1) is 11.8. The third-order valence-corrected chi connectivity index (χ3v) is 3.41. The van der Waals surface area contributed by atoms with Gasteiger partial charge in [0.15, 0.2) is 5.69 Å². The van der Waals surface area contributed by atoms with E-state index in [-0.39, 0.29) is 11.9 Å². The molecule has 0 saturated heterocycles. The van der Waals surface area contributed by atoms with E-state index in [1.165, 1.54) is 0 Å². The number of rotatable bonds is 2. The number of nitrogen functional groups attached to an aromatic ring is 1. The molecule has 1 unspecified atom stereocenters. The minimum atomic E-state index is -0.142. The van der Waals surface area contributed by atoms with Gasteiger partial charge in [-0.1, -0.05) is 12.2 Å². The molecule has 1 amide bonds. The molecule has 0 bridgehead atoms. The lowest BCUT2D eigenvalue weighted by atomic mass is 10.0. The molecule has 0 fully saturated rings. The maximum atomic E-state index is 12.2. The summed E-state index contributed by atoms with van der Waals surface area (Å²) in [6.07, 6.45) is 7.13. The Morgan fingerprint density at radius 3 is 3.11 bits per heavy atom. The van der Waals surface area contributed by atoms with Crippen LogP contribution in [0.2, 0.25) is 0 Å². The van der Waals surface area contributed by atoms with Crippen LogP contribution in [0.3, 0.4) is 0 Å². The van der Waals surface area contributed by atoms with Crippen LogP contribution in [0, 0.1) is 0 Å². The van der Waals surface area contributed by atoms with Crippen molar-refractivity contribution >= 4 is 22.5 Å². The zero-order valence-electron chi connectivity index (χ0n) is 10.5. The van der Waals surface area contributed by atoms with E-state index in [0.29, 0.717) is 11.4 Å². The van der Waals surface area contributed by atoms with Crippen molar-refractivity contribution < 1.29 is 4.79 Å². The van der Waals surface area contributed by atoms with Crippen LogP contribution in [0.15, 0.2) is 30.4 Å². The van der Waals surface area contributed by atoms with E-state index >= 15 is 0 Å². The minimum absolute atomic E-state index is 0.142.